The van der Waals surface area contributed by atoms with Crippen LogP contribution in [0.2, 0.25) is 0 Å². The van der Waals surface area contributed by atoms with E-state index < -0.39 is 60.7 Å². The molecule has 0 spiro atoms. The van der Waals surface area contributed by atoms with Crippen LogP contribution >= 0.6 is 7.75 Å². The van der Waals surface area contributed by atoms with Crippen LogP contribution in [-0.2, 0) is 14.1 Å². The molecule has 2 aromatic rings. The fraction of sp³-hybridized carbons (Fsp3) is 0.316. The number of hydrogen-bond acceptors (Lipinski definition) is 5. The van der Waals surface area contributed by atoms with Crippen molar-refractivity contribution in [1.82, 2.24) is 5.09 Å². The topological polar surface area (TPSA) is 73.9 Å². The van der Waals surface area contributed by atoms with Crippen molar-refractivity contribution >= 4 is 13.7 Å². The number of carbonyl (C=O) groups is 1. The van der Waals surface area contributed by atoms with E-state index in [4.69, 9.17) is 9.26 Å². The Labute approximate surface area is 174 Å². The number of para-hydroxylation sites is 1. The highest BCUT2D eigenvalue weighted by atomic mass is 31.2. The lowest BCUT2D eigenvalue weighted by atomic mass is 10.3. The Kier molecular flexibility index (Phi) is 8.02. The van der Waals surface area contributed by atoms with E-state index in [-0.39, 0.29) is 5.75 Å². The van der Waals surface area contributed by atoms with E-state index in [9.17, 15) is 31.3 Å². The molecule has 31 heavy (non-hydrogen) atoms. The molecule has 170 valence electrons. The van der Waals surface area contributed by atoms with Crippen LogP contribution in [0.15, 0.2) is 30.3 Å². The van der Waals surface area contributed by atoms with Gasteiger partial charge < -0.3 is 13.8 Å². The fourth-order valence-corrected chi connectivity index (χ4v) is 3.67. The Morgan fingerprint density at radius 2 is 1.45 bits per heavy atom. The third-order valence-electron chi connectivity index (χ3n) is 3.95. The van der Waals surface area contributed by atoms with E-state index >= 15 is 0 Å². The molecule has 0 aromatic heterocycles. The van der Waals surface area contributed by atoms with Gasteiger partial charge in [-0.25, -0.2) is 17.7 Å². The summed E-state index contributed by atoms with van der Waals surface area (Å²) in [6.07, 6.45) is -0.0280. The summed E-state index contributed by atoms with van der Waals surface area (Å²) in [7, 11) is -4.92. The summed E-state index contributed by atoms with van der Waals surface area (Å²) < 4.78 is 96.4. The zero-order chi connectivity index (χ0) is 23.3. The summed E-state index contributed by atoms with van der Waals surface area (Å²) in [5, 5.41) is 2.09. The lowest BCUT2D eigenvalue weighted by Crippen LogP contribution is -2.37. The fourth-order valence-electron chi connectivity index (χ4n) is 2.15. The predicted octanol–water partition coefficient (Wildman–Crippen LogP) is 5.27. The molecular formula is C19H19F5NO5P. The molecule has 0 saturated carbocycles. The Morgan fingerprint density at radius 1 is 0.935 bits per heavy atom. The van der Waals surface area contributed by atoms with Crippen LogP contribution in [-0.4, -0.2) is 18.1 Å². The Morgan fingerprint density at radius 3 is 1.97 bits per heavy atom. The second-order valence-corrected chi connectivity index (χ2v) is 8.02. The number of carbonyl (C=O) groups excluding carboxylic acids is 1. The summed E-state index contributed by atoms with van der Waals surface area (Å²) in [5.41, 5.74) is 0. The first kappa shape index (κ1) is 24.6. The first-order valence-electron chi connectivity index (χ1n) is 9.03. The van der Waals surface area contributed by atoms with Crippen molar-refractivity contribution in [2.45, 2.75) is 39.3 Å². The Hall–Kier alpha value is -2.65. The van der Waals surface area contributed by atoms with Crippen molar-refractivity contribution < 1.29 is 45.1 Å². The monoisotopic (exact) mass is 467 g/mol. The van der Waals surface area contributed by atoms with Gasteiger partial charge >= 0.3 is 13.7 Å². The minimum Gasteiger partial charge on any atom is -0.462 e. The molecule has 2 rings (SSSR count). The third kappa shape index (κ3) is 5.95. The molecule has 2 unspecified atom stereocenters. The molecule has 0 aliphatic heterocycles. The highest BCUT2D eigenvalue weighted by Gasteiger charge is 2.38. The van der Waals surface area contributed by atoms with Crippen molar-refractivity contribution in [3.63, 3.8) is 0 Å². The van der Waals surface area contributed by atoms with Crippen LogP contribution in [0.3, 0.4) is 0 Å². The Balaban J connectivity index is 2.42. The number of ether oxygens (including phenoxy) is 1. The summed E-state index contributed by atoms with van der Waals surface area (Å²) in [4.78, 5) is 12.1. The molecule has 2 aromatic carbocycles. The maximum Gasteiger partial charge on any atom is 0.513 e. The number of hydrogen-bond donors (Lipinski definition) is 1. The van der Waals surface area contributed by atoms with Gasteiger partial charge in [-0.05, 0) is 32.4 Å². The molecule has 0 aliphatic carbocycles. The molecule has 6 nitrogen and oxygen atoms in total. The lowest BCUT2D eigenvalue weighted by Gasteiger charge is -2.24. The summed E-state index contributed by atoms with van der Waals surface area (Å²) in [6.45, 7) is 4.52. The van der Waals surface area contributed by atoms with Gasteiger partial charge in [-0.15, -0.1) is 0 Å². The van der Waals surface area contributed by atoms with Crippen molar-refractivity contribution in [2.24, 2.45) is 0 Å². The minimum atomic E-state index is -4.92. The van der Waals surface area contributed by atoms with Gasteiger partial charge in [0.1, 0.15) is 11.8 Å². The SMILES string of the molecule is CCC(C)OC(=O)C(C)N[P@@](=O)(Oc1ccccc1)Oc1c(F)c(F)c(F)c(F)c1F. The number of esters is 1. The normalized spacial score (nSPS) is 15.0. The van der Waals surface area contributed by atoms with Crippen molar-refractivity contribution in [3.8, 4) is 11.5 Å². The summed E-state index contributed by atoms with van der Waals surface area (Å²) >= 11 is 0. The zero-order valence-corrected chi connectivity index (χ0v) is 17.5. The van der Waals surface area contributed by atoms with Gasteiger partial charge in [-0.3, -0.25) is 4.79 Å². The van der Waals surface area contributed by atoms with Gasteiger partial charge in [-0.2, -0.15) is 13.9 Å². The number of benzene rings is 2. The molecular weight excluding hydrogens is 448 g/mol. The smallest absolute Gasteiger partial charge is 0.462 e. The molecule has 0 radical (unpaired) electrons. The van der Waals surface area contributed by atoms with Crippen LogP contribution in [0, 0.1) is 29.1 Å². The number of rotatable bonds is 9. The molecule has 0 amide bonds. The van der Waals surface area contributed by atoms with Gasteiger partial charge in [0.05, 0.1) is 6.10 Å². The average Bonchev–Trinajstić information content (AvgIpc) is 2.74. The second kappa shape index (κ2) is 10.1. The largest absolute Gasteiger partial charge is 0.513 e. The van der Waals surface area contributed by atoms with E-state index in [2.05, 4.69) is 9.61 Å². The third-order valence-corrected chi connectivity index (χ3v) is 5.52. The maximum atomic E-state index is 14.0. The van der Waals surface area contributed by atoms with Gasteiger partial charge in [-0.1, -0.05) is 25.1 Å². The van der Waals surface area contributed by atoms with E-state index in [1.165, 1.54) is 31.2 Å². The molecule has 12 heteroatoms. The van der Waals surface area contributed by atoms with Crippen LogP contribution in [0.5, 0.6) is 11.5 Å². The Bertz CT molecular complexity index is 962. The molecule has 0 saturated heterocycles. The van der Waals surface area contributed by atoms with Gasteiger partial charge in [0.15, 0.2) is 0 Å². The number of halogens is 5. The standard InChI is InChI=1S/C19H19F5NO5P/c1-4-10(2)28-19(26)11(3)25-31(27,29-12-8-6-5-7-9-12)30-18-16(23)14(21)13(20)15(22)17(18)24/h5-11H,4H2,1-3H3,(H,25,27)/t10?,11?,31-/m1/s1. The van der Waals surface area contributed by atoms with E-state index in [1.54, 1.807) is 19.9 Å². The van der Waals surface area contributed by atoms with Crippen LogP contribution in [0.4, 0.5) is 22.0 Å². The minimum absolute atomic E-state index is 0.135. The lowest BCUT2D eigenvalue weighted by molar-refractivity contribution is -0.150. The zero-order valence-electron chi connectivity index (χ0n) is 16.6. The van der Waals surface area contributed by atoms with Gasteiger partial charge in [0.25, 0.3) is 0 Å². The molecule has 0 heterocycles. The van der Waals surface area contributed by atoms with Gasteiger partial charge in [0, 0.05) is 0 Å². The van der Waals surface area contributed by atoms with Crippen LogP contribution in [0.1, 0.15) is 27.2 Å². The van der Waals surface area contributed by atoms with E-state index in [0.29, 0.717) is 6.42 Å². The van der Waals surface area contributed by atoms with Crippen molar-refractivity contribution in [1.29, 1.82) is 0 Å². The first-order chi connectivity index (χ1) is 14.5. The quantitative estimate of drug-likeness (QED) is 0.178. The van der Waals surface area contributed by atoms with Crippen LogP contribution in [0.25, 0.3) is 0 Å². The van der Waals surface area contributed by atoms with E-state index in [0.717, 1.165) is 0 Å². The molecule has 0 fully saturated rings. The highest BCUT2D eigenvalue weighted by Crippen LogP contribution is 2.47. The molecule has 3 atom stereocenters. The predicted molar refractivity (Wildman–Crippen MR) is 100.0 cm³/mol. The van der Waals surface area contributed by atoms with Crippen LogP contribution < -0.4 is 14.1 Å². The number of nitrogens with one attached hydrogen (secondary N) is 1. The average molecular weight is 467 g/mol. The highest BCUT2D eigenvalue weighted by molar-refractivity contribution is 7.52. The maximum absolute atomic E-state index is 14.0. The second-order valence-electron chi connectivity index (χ2n) is 6.40. The van der Waals surface area contributed by atoms with Gasteiger partial charge in [0.2, 0.25) is 34.8 Å². The molecule has 0 aliphatic rings. The molecule has 1 N–H and O–H groups in total. The van der Waals surface area contributed by atoms with Crippen molar-refractivity contribution in [3.05, 3.63) is 59.4 Å². The summed E-state index contributed by atoms with van der Waals surface area (Å²) in [5.74, 6) is -14.6. The van der Waals surface area contributed by atoms with Crippen molar-refractivity contribution in [2.75, 3.05) is 0 Å². The molecule has 0 bridgehead atoms. The van der Waals surface area contributed by atoms with E-state index in [1.807, 2.05) is 0 Å². The first-order valence-corrected chi connectivity index (χ1v) is 10.6. The summed E-state index contributed by atoms with van der Waals surface area (Å²) in [6, 6.07) is 5.67.